The molecule has 0 spiro atoms. The largest absolute Gasteiger partial charge is 0.383 e. The van der Waals surface area contributed by atoms with E-state index in [1.165, 1.54) is 12.3 Å². The van der Waals surface area contributed by atoms with Crippen molar-refractivity contribution in [1.29, 1.82) is 0 Å². The molecule has 72 valence electrons. The van der Waals surface area contributed by atoms with E-state index in [2.05, 4.69) is 10.3 Å². The number of ether oxygens (including phenoxy) is 1. The van der Waals surface area contributed by atoms with Crippen LogP contribution in [-0.2, 0) is 4.74 Å². The molecule has 0 atom stereocenters. The highest BCUT2D eigenvalue weighted by Crippen LogP contribution is 2.10. The summed E-state index contributed by atoms with van der Waals surface area (Å²) in [5, 5.41) is 3.04. The summed E-state index contributed by atoms with van der Waals surface area (Å²) in [6, 6.07) is 1.45. The summed E-state index contributed by atoms with van der Waals surface area (Å²) in [7, 11) is 1.63. The molecule has 0 aromatic carbocycles. The predicted octanol–water partition coefficient (Wildman–Crippen LogP) is 1.59. The second kappa shape index (κ2) is 4.77. The fourth-order valence-electron chi connectivity index (χ4n) is 0.997. The van der Waals surface area contributed by atoms with Gasteiger partial charge in [-0.2, -0.15) is 0 Å². The summed E-state index contributed by atoms with van der Waals surface area (Å²) in [4.78, 5) is 3.91. The van der Waals surface area contributed by atoms with Gasteiger partial charge in [-0.25, -0.2) is 9.37 Å². The lowest BCUT2D eigenvalue weighted by Gasteiger charge is -2.06. The molecule has 0 fully saturated rings. The smallest absolute Gasteiger partial charge is 0.141 e. The lowest BCUT2D eigenvalue weighted by Crippen LogP contribution is -2.09. The molecular formula is C9H13FN2O. The van der Waals surface area contributed by atoms with Gasteiger partial charge in [0.25, 0.3) is 0 Å². The molecule has 1 aromatic heterocycles. The number of nitrogens with one attached hydrogen (secondary N) is 1. The first-order valence-corrected chi connectivity index (χ1v) is 4.09. The Labute approximate surface area is 76.9 Å². The number of halogens is 1. The van der Waals surface area contributed by atoms with Crippen LogP contribution in [-0.4, -0.2) is 25.2 Å². The summed E-state index contributed by atoms with van der Waals surface area (Å²) >= 11 is 0. The van der Waals surface area contributed by atoms with Crippen LogP contribution in [0.1, 0.15) is 5.56 Å². The van der Waals surface area contributed by atoms with Gasteiger partial charge in [0, 0.05) is 13.7 Å². The first-order chi connectivity index (χ1) is 6.24. The molecule has 0 bridgehead atoms. The normalized spacial score (nSPS) is 10.1. The topological polar surface area (TPSA) is 34.1 Å². The van der Waals surface area contributed by atoms with Crippen molar-refractivity contribution < 1.29 is 9.13 Å². The zero-order valence-corrected chi connectivity index (χ0v) is 7.80. The number of pyridine rings is 1. The van der Waals surface area contributed by atoms with Gasteiger partial charge in [-0.05, 0) is 18.6 Å². The Hall–Kier alpha value is -1.16. The monoisotopic (exact) mass is 184 g/mol. The van der Waals surface area contributed by atoms with Crippen molar-refractivity contribution in [2.45, 2.75) is 6.92 Å². The number of anilines is 1. The van der Waals surface area contributed by atoms with Crippen molar-refractivity contribution >= 4 is 5.82 Å². The first-order valence-electron chi connectivity index (χ1n) is 4.09. The fraction of sp³-hybridized carbons (Fsp3) is 0.444. The average Bonchev–Trinajstić information content (AvgIpc) is 2.09. The maximum atomic E-state index is 12.6. The van der Waals surface area contributed by atoms with E-state index >= 15 is 0 Å². The fourth-order valence-corrected chi connectivity index (χ4v) is 0.997. The predicted molar refractivity (Wildman–Crippen MR) is 49.3 cm³/mol. The molecule has 1 aromatic rings. The Morgan fingerprint density at radius 2 is 2.38 bits per heavy atom. The van der Waals surface area contributed by atoms with Gasteiger partial charge in [-0.3, -0.25) is 0 Å². The zero-order chi connectivity index (χ0) is 9.68. The molecular weight excluding hydrogens is 171 g/mol. The van der Waals surface area contributed by atoms with Crippen molar-refractivity contribution in [1.82, 2.24) is 4.98 Å². The maximum Gasteiger partial charge on any atom is 0.141 e. The quantitative estimate of drug-likeness (QED) is 0.721. The molecule has 0 saturated carbocycles. The van der Waals surface area contributed by atoms with Crippen molar-refractivity contribution in [2.24, 2.45) is 0 Å². The van der Waals surface area contributed by atoms with Gasteiger partial charge in [-0.1, -0.05) is 0 Å². The highest BCUT2D eigenvalue weighted by atomic mass is 19.1. The molecule has 4 heteroatoms. The molecule has 0 unspecified atom stereocenters. The van der Waals surface area contributed by atoms with Crippen molar-refractivity contribution in [3.8, 4) is 0 Å². The summed E-state index contributed by atoms with van der Waals surface area (Å²) in [6.45, 7) is 3.10. The molecule has 1 rings (SSSR count). The van der Waals surface area contributed by atoms with E-state index in [-0.39, 0.29) is 5.82 Å². The third-order valence-electron chi connectivity index (χ3n) is 1.64. The second-order valence-corrected chi connectivity index (χ2v) is 2.74. The Balaban J connectivity index is 2.56. The SMILES string of the molecule is COCCNc1ncc(F)cc1C. The van der Waals surface area contributed by atoms with E-state index in [1.54, 1.807) is 7.11 Å². The van der Waals surface area contributed by atoms with Crippen LogP contribution in [0.4, 0.5) is 10.2 Å². The van der Waals surface area contributed by atoms with E-state index in [1.807, 2.05) is 6.92 Å². The van der Waals surface area contributed by atoms with E-state index in [9.17, 15) is 4.39 Å². The van der Waals surface area contributed by atoms with Crippen LogP contribution in [0.3, 0.4) is 0 Å². The summed E-state index contributed by atoms with van der Waals surface area (Å²) in [5.74, 6) is 0.397. The summed E-state index contributed by atoms with van der Waals surface area (Å²) in [6.07, 6.45) is 1.20. The Bertz CT molecular complexity index is 278. The molecule has 0 amide bonds. The van der Waals surface area contributed by atoms with Gasteiger partial charge < -0.3 is 10.1 Å². The van der Waals surface area contributed by atoms with Gasteiger partial charge in [0.2, 0.25) is 0 Å². The van der Waals surface area contributed by atoms with Crippen molar-refractivity contribution in [2.75, 3.05) is 25.6 Å². The van der Waals surface area contributed by atoms with Crippen LogP contribution >= 0.6 is 0 Å². The molecule has 3 nitrogen and oxygen atoms in total. The van der Waals surface area contributed by atoms with Crippen LogP contribution < -0.4 is 5.32 Å². The summed E-state index contributed by atoms with van der Waals surface area (Å²) in [5.41, 5.74) is 0.802. The lowest BCUT2D eigenvalue weighted by molar-refractivity contribution is 0.210. The summed E-state index contributed by atoms with van der Waals surface area (Å²) < 4.78 is 17.5. The van der Waals surface area contributed by atoms with Gasteiger partial charge in [0.05, 0.1) is 12.8 Å². The number of methoxy groups -OCH3 is 1. The number of nitrogens with zero attached hydrogens (tertiary/aromatic N) is 1. The van der Waals surface area contributed by atoms with Gasteiger partial charge >= 0.3 is 0 Å². The molecule has 0 aliphatic rings. The second-order valence-electron chi connectivity index (χ2n) is 2.74. The molecule has 13 heavy (non-hydrogen) atoms. The molecule has 0 radical (unpaired) electrons. The van der Waals surface area contributed by atoms with Gasteiger partial charge in [0.1, 0.15) is 11.6 Å². The first kappa shape index (κ1) is 9.92. The molecule has 1 N–H and O–H groups in total. The van der Waals surface area contributed by atoms with E-state index in [0.717, 1.165) is 5.56 Å². The van der Waals surface area contributed by atoms with Gasteiger partial charge in [0.15, 0.2) is 0 Å². The number of hydrogen-bond acceptors (Lipinski definition) is 3. The van der Waals surface area contributed by atoms with Crippen LogP contribution in [0.15, 0.2) is 12.3 Å². The van der Waals surface area contributed by atoms with Crippen molar-refractivity contribution in [3.05, 3.63) is 23.6 Å². The third-order valence-corrected chi connectivity index (χ3v) is 1.64. The van der Waals surface area contributed by atoms with Crippen LogP contribution in [0, 0.1) is 12.7 Å². The van der Waals surface area contributed by atoms with Crippen LogP contribution in [0.2, 0.25) is 0 Å². The minimum absolute atomic E-state index is 0.310. The van der Waals surface area contributed by atoms with Crippen molar-refractivity contribution in [3.63, 3.8) is 0 Å². The molecule has 0 aliphatic heterocycles. The highest BCUT2D eigenvalue weighted by molar-refractivity contribution is 5.42. The van der Waals surface area contributed by atoms with Crippen LogP contribution in [0.5, 0.6) is 0 Å². The molecule has 0 saturated heterocycles. The Morgan fingerprint density at radius 1 is 1.62 bits per heavy atom. The van der Waals surface area contributed by atoms with E-state index in [0.29, 0.717) is 19.0 Å². The number of rotatable bonds is 4. The van der Waals surface area contributed by atoms with E-state index < -0.39 is 0 Å². The van der Waals surface area contributed by atoms with Crippen LogP contribution in [0.25, 0.3) is 0 Å². The number of aromatic nitrogens is 1. The number of aryl methyl sites for hydroxylation is 1. The minimum atomic E-state index is -0.310. The molecule has 1 heterocycles. The molecule has 0 aliphatic carbocycles. The average molecular weight is 184 g/mol. The van der Waals surface area contributed by atoms with Gasteiger partial charge in [-0.15, -0.1) is 0 Å². The third kappa shape index (κ3) is 2.99. The zero-order valence-electron chi connectivity index (χ0n) is 7.80. The standard InChI is InChI=1S/C9H13FN2O/c1-7-5-8(10)6-12-9(7)11-3-4-13-2/h5-6H,3-4H2,1-2H3,(H,11,12). The Kier molecular flexibility index (Phi) is 3.64. The highest BCUT2D eigenvalue weighted by Gasteiger charge is 1.99. The maximum absolute atomic E-state index is 12.6. The number of hydrogen-bond donors (Lipinski definition) is 1. The lowest BCUT2D eigenvalue weighted by atomic mass is 10.3. The minimum Gasteiger partial charge on any atom is -0.383 e. The van der Waals surface area contributed by atoms with E-state index in [4.69, 9.17) is 4.74 Å². The Morgan fingerprint density at radius 3 is 3.00 bits per heavy atom.